The molecule has 4 rings (SSSR count). The van der Waals surface area contributed by atoms with Crippen molar-refractivity contribution >= 4 is 11.7 Å². The molecule has 0 bridgehead atoms. The average Bonchev–Trinajstić information content (AvgIpc) is 2.91. The molecule has 2 N–H and O–H groups in total. The van der Waals surface area contributed by atoms with Crippen LogP contribution in [0.3, 0.4) is 0 Å². The van der Waals surface area contributed by atoms with Crippen LogP contribution in [-0.4, -0.2) is 28.5 Å². The number of carbonyl (C=O) groups is 1. The summed E-state index contributed by atoms with van der Waals surface area (Å²) in [5.74, 6) is 1.17. The highest BCUT2D eigenvalue weighted by Gasteiger charge is 2.53. The molecule has 1 aromatic rings. The Labute approximate surface area is 147 Å². The molecule has 1 aromatic carbocycles. The second-order valence-corrected chi connectivity index (χ2v) is 8.00. The summed E-state index contributed by atoms with van der Waals surface area (Å²) in [7, 11) is 0. The number of aryl methyl sites for hydroxylation is 1. The van der Waals surface area contributed by atoms with Crippen molar-refractivity contribution in [2.45, 2.75) is 51.4 Å². The van der Waals surface area contributed by atoms with E-state index in [0.29, 0.717) is 23.5 Å². The summed E-state index contributed by atoms with van der Waals surface area (Å²) >= 11 is 0. The van der Waals surface area contributed by atoms with Crippen molar-refractivity contribution in [2.75, 3.05) is 6.61 Å². The number of fused-ring (bicyclic) bond motifs is 5. The van der Waals surface area contributed by atoms with Crippen molar-refractivity contribution in [2.24, 2.45) is 22.4 Å². The van der Waals surface area contributed by atoms with Gasteiger partial charge in [-0.15, -0.1) is 0 Å². The highest BCUT2D eigenvalue weighted by molar-refractivity contribution is 5.92. The number of hydrogen-bond donors (Lipinski definition) is 2. The molecule has 134 valence electrons. The van der Waals surface area contributed by atoms with E-state index in [2.05, 4.69) is 18.1 Å². The molecule has 0 aliphatic heterocycles. The molecule has 0 aromatic heterocycles. The van der Waals surface area contributed by atoms with Gasteiger partial charge in [0, 0.05) is 5.41 Å². The Kier molecular flexibility index (Phi) is 3.97. The normalized spacial score (nSPS) is 34.9. The molecule has 0 heterocycles. The zero-order valence-electron chi connectivity index (χ0n) is 14.6. The molecule has 2 saturated carbocycles. The summed E-state index contributed by atoms with van der Waals surface area (Å²) in [6, 6.07) is 5.86. The van der Waals surface area contributed by atoms with Crippen molar-refractivity contribution in [1.29, 1.82) is 0 Å². The van der Waals surface area contributed by atoms with Gasteiger partial charge in [0.15, 0.2) is 0 Å². The fourth-order valence-electron chi connectivity index (χ4n) is 5.67. The van der Waals surface area contributed by atoms with Crippen molar-refractivity contribution in [3.8, 4) is 5.75 Å². The lowest BCUT2D eigenvalue weighted by Crippen LogP contribution is -2.42. The number of phenols is 1. The van der Waals surface area contributed by atoms with E-state index in [0.717, 1.165) is 44.2 Å². The van der Waals surface area contributed by atoms with Crippen LogP contribution in [0.1, 0.15) is 56.1 Å². The van der Waals surface area contributed by atoms with Gasteiger partial charge in [-0.3, -0.25) is 0 Å². The van der Waals surface area contributed by atoms with E-state index in [-0.39, 0.29) is 12.0 Å². The van der Waals surface area contributed by atoms with Gasteiger partial charge in [-0.2, -0.15) is 0 Å². The van der Waals surface area contributed by atoms with Gasteiger partial charge in [0.2, 0.25) is 6.61 Å². The Balaban J connectivity index is 1.58. The van der Waals surface area contributed by atoms with Gasteiger partial charge >= 0.3 is 5.97 Å². The average molecular weight is 343 g/mol. The number of aliphatic carboxylic acids is 1. The third kappa shape index (κ3) is 2.70. The molecule has 3 aliphatic carbocycles. The zero-order valence-corrected chi connectivity index (χ0v) is 14.6. The molecule has 5 heteroatoms. The minimum absolute atomic E-state index is 0.0358. The number of benzene rings is 1. The topological polar surface area (TPSA) is 79.1 Å². The molecule has 0 saturated heterocycles. The number of phenolic OH excluding ortho intramolecular Hbond substituents is 1. The van der Waals surface area contributed by atoms with Gasteiger partial charge in [0.05, 0.1) is 5.71 Å². The van der Waals surface area contributed by atoms with Crippen LogP contribution in [0.4, 0.5) is 0 Å². The first-order valence-corrected chi connectivity index (χ1v) is 9.22. The van der Waals surface area contributed by atoms with Crippen LogP contribution in [0, 0.1) is 17.3 Å². The number of oxime groups is 1. The highest BCUT2D eigenvalue weighted by Crippen LogP contribution is 2.59. The van der Waals surface area contributed by atoms with Gasteiger partial charge in [0.1, 0.15) is 5.75 Å². The summed E-state index contributed by atoms with van der Waals surface area (Å²) in [6.07, 6.45) is 6.39. The predicted octanol–water partition coefficient (Wildman–Crippen LogP) is 3.71. The maximum absolute atomic E-state index is 10.7. The number of aromatic hydroxyl groups is 1. The molecule has 4 atom stereocenters. The molecule has 2 fully saturated rings. The lowest BCUT2D eigenvalue weighted by molar-refractivity contribution is -0.142. The highest BCUT2D eigenvalue weighted by atomic mass is 16.6. The third-order valence-corrected chi connectivity index (χ3v) is 6.81. The summed E-state index contributed by atoms with van der Waals surface area (Å²) in [5, 5.41) is 22.7. The van der Waals surface area contributed by atoms with Crippen molar-refractivity contribution < 1.29 is 19.8 Å². The molecule has 25 heavy (non-hydrogen) atoms. The van der Waals surface area contributed by atoms with Crippen molar-refractivity contribution in [1.82, 2.24) is 0 Å². The number of rotatable bonds is 3. The number of carboxylic acids is 1. The fourth-order valence-corrected chi connectivity index (χ4v) is 5.67. The Hall–Kier alpha value is -2.04. The summed E-state index contributed by atoms with van der Waals surface area (Å²) in [6.45, 7) is 1.92. The van der Waals surface area contributed by atoms with E-state index in [9.17, 15) is 9.90 Å². The number of hydrogen-bond acceptors (Lipinski definition) is 4. The first-order valence-electron chi connectivity index (χ1n) is 9.22. The van der Waals surface area contributed by atoms with Gasteiger partial charge in [-0.1, -0.05) is 18.1 Å². The first-order chi connectivity index (χ1) is 12.0. The first kappa shape index (κ1) is 16.4. The molecule has 0 amide bonds. The molecule has 4 unspecified atom stereocenters. The van der Waals surface area contributed by atoms with Crippen molar-refractivity contribution in [3.05, 3.63) is 29.3 Å². The zero-order chi connectivity index (χ0) is 17.6. The molecule has 5 nitrogen and oxygen atoms in total. The van der Waals surface area contributed by atoms with Crippen LogP contribution in [0.25, 0.3) is 0 Å². The van der Waals surface area contributed by atoms with E-state index >= 15 is 0 Å². The SMILES string of the molecule is CC12CCC3c4ccc(O)cc4CCC3C1CC/C2=N\OCC(=O)O. The van der Waals surface area contributed by atoms with Crippen molar-refractivity contribution in [3.63, 3.8) is 0 Å². The fraction of sp³-hybridized carbons (Fsp3) is 0.600. The molecule has 0 spiro atoms. The third-order valence-electron chi connectivity index (χ3n) is 6.81. The monoisotopic (exact) mass is 343 g/mol. The Morgan fingerprint density at radius 3 is 2.96 bits per heavy atom. The van der Waals surface area contributed by atoms with Crippen LogP contribution in [0.5, 0.6) is 5.75 Å². The smallest absolute Gasteiger partial charge is 0.344 e. The van der Waals surface area contributed by atoms with Crippen LogP contribution in [0.2, 0.25) is 0 Å². The standard InChI is InChI=1S/C20H25NO4/c1-20-9-8-15-14-5-3-13(22)10-12(14)2-4-16(15)17(20)6-7-18(20)21-25-11-19(23)24/h3,5,10,15-17,22H,2,4,6-9,11H2,1H3,(H,23,24)/b21-18+. The van der Waals surface area contributed by atoms with E-state index in [4.69, 9.17) is 9.94 Å². The summed E-state index contributed by atoms with van der Waals surface area (Å²) < 4.78 is 0. The second-order valence-electron chi connectivity index (χ2n) is 8.00. The van der Waals surface area contributed by atoms with Crippen LogP contribution >= 0.6 is 0 Å². The minimum Gasteiger partial charge on any atom is -0.508 e. The predicted molar refractivity (Wildman–Crippen MR) is 93.7 cm³/mol. The maximum Gasteiger partial charge on any atom is 0.344 e. The lowest BCUT2D eigenvalue weighted by atomic mass is 9.55. The van der Waals surface area contributed by atoms with Crippen LogP contribution in [-0.2, 0) is 16.1 Å². The molecular weight excluding hydrogens is 318 g/mol. The van der Waals surface area contributed by atoms with Crippen LogP contribution < -0.4 is 0 Å². The molecular formula is C20H25NO4. The lowest BCUT2D eigenvalue weighted by Gasteiger charge is -2.49. The minimum atomic E-state index is -0.986. The quantitative estimate of drug-likeness (QED) is 0.820. The van der Waals surface area contributed by atoms with Gasteiger partial charge in [-0.05, 0) is 79.5 Å². The largest absolute Gasteiger partial charge is 0.508 e. The maximum atomic E-state index is 10.7. The van der Waals surface area contributed by atoms with Gasteiger partial charge in [0.25, 0.3) is 0 Å². The van der Waals surface area contributed by atoms with E-state index in [1.807, 2.05) is 12.1 Å². The second kappa shape index (κ2) is 6.04. The van der Waals surface area contributed by atoms with E-state index in [1.54, 1.807) is 0 Å². The van der Waals surface area contributed by atoms with Crippen LogP contribution in [0.15, 0.2) is 23.4 Å². The summed E-state index contributed by atoms with van der Waals surface area (Å²) in [4.78, 5) is 15.7. The Bertz CT molecular complexity index is 728. The molecule has 3 aliphatic rings. The van der Waals surface area contributed by atoms with E-state index < -0.39 is 5.97 Å². The number of nitrogens with zero attached hydrogens (tertiary/aromatic N) is 1. The Morgan fingerprint density at radius 1 is 1.32 bits per heavy atom. The Morgan fingerprint density at radius 2 is 2.16 bits per heavy atom. The number of carboxylic acid groups (broad SMARTS) is 1. The summed E-state index contributed by atoms with van der Waals surface area (Å²) in [5.41, 5.74) is 3.81. The van der Waals surface area contributed by atoms with Gasteiger partial charge in [-0.25, -0.2) is 4.79 Å². The van der Waals surface area contributed by atoms with Gasteiger partial charge < -0.3 is 15.1 Å². The molecule has 0 radical (unpaired) electrons. The van der Waals surface area contributed by atoms with E-state index in [1.165, 1.54) is 11.1 Å².